The van der Waals surface area contributed by atoms with E-state index in [1.807, 2.05) is 33.8 Å². The Hall–Kier alpha value is -2.31. The molecule has 0 radical (unpaired) electrons. The average Bonchev–Trinajstić information content (AvgIpc) is 2.48. The number of nitrogens with zero attached hydrogens (tertiary/aromatic N) is 2. The number of hydrogen-bond donors (Lipinski definition) is 1. The molecule has 0 bridgehead atoms. The first-order valence-corrected chi connectivity index (χ1v) is 8.16. The van der Waals surface area contributed by atoms with E-state index < -0.39 is 5.60 Å². The maximum Gasteiger partial charge on any atom is 0.410 e. The molecule has 1 aliphatic rings. The average molecular weight is 335 g/mol. The lowest BCUT2D eigenvalue weighted by Gasteiger charge is -2.34. The molecule has 0 unspecified atom stereocenters. The normalized spacial score (nSPS) is 15.9. The zero-order valence-electron chi connectivity index (χ0n) is 14.7. The SMILES string of the molecule is Cc1cccc([N+](=O)[O-])c1NC1CCN(C(=O)OC(C)(C)C)CC1. The van der Waals surface area contributed by atoms with Gasteiger partial charge in [-0.25, -0.2) is 4.79 Å². The molecular weight excluding hydrogens is 310 g/mol. The number of nitrogens with one attached hydrogen (secondary N) is 1. The number of aryl methyl sites for hydroxylation is 1. The van der Waals surface area contributed by atoms with E-state index in [2.05, 4.69) is 5.32 Å². The van der Waals surface area contributed by atoms with Crippen molar-refractivity contribution in [3.05, 3.63) is 33.9 Å². The van der Waals surface area contributed by atoms with E-state index in [0.717, 1.165) is 18.4 Å². The highest BCUT2D eigenvalue weighted by molar-refractivity contribution is 5.69. The number of nitro groups is 1. The molecular formula is C17H25N3O4. The molecule has 1 aromatic rings. The van der Waals surface area contributed by atoms with Crippen molar-refractivity contribution >= 4 is 17.5 Å². The van der Waals surface area contributed by atoms with Gasteiger partial charge in [0.2, 0.25) is 0 Å². The summed E-state index contributed by atoms with van der Waals surface area (Å²) < 4.78 is 5.38. The Morgan fingerprint density at radius 3 is 2.50 bits per heavy atom. The summed E-state index contributed by atoms with van der Waals surface area (Å²) in [7, 11) is 0. The van der Waals surface area contributed by atoms with Crippen LogP contribution in [0.2, 0.25) is 0 Å². The summed E-state index contributed by atoms with van der Waals surface area (Å²) in [5.41, 5.74) is 0.995. The van der Waals surface area contributed by atoms with Gasteiger partial charge in [0.15, 0.2) is 0 Å². The van der Waals surface area contributed by atoms with Crippen molar-refractivity contribution in [2.24, 2.45) is 0 Å². The van der Waals surface area contributed by atoms with E-state index in [9.17, 15) is 14.9 Å². The summed E-state index contributed by atoms with van der Waals surface area (Å²) in [5.74, 6) is 0. The number of ether oxygens (including phenoxy) is 1. The molecule has 2 rings (SSSR count). The van der Waals surface area contributed by atoms with Crippen LogP contribution >= 0.6 is 0 Å². The van der Waals surface area contributed by atoms with E-state index in [1.54, 1.807) is 11.0 Å². The van der Waals surface area contributed by atoms with Crippen LogP contribution in [0, 0.1) is 17.0 Å². The number of rotatable bonds is 3. The number of para-hydroxylation sites is 1. The van der Waals surface area contributed by atoms with Crippen molar-refractivity contribution in [2.75, 3.05) is 18.4 Å². The highest BCUT2D eigenvalue weighted by Gasteiger charge is 2.28. The molecule has 0 aliphatic carbocycles. The Morgan fingerprint density at radius 1 is 1.33 bits per heavy atom. The zero-order valence-corrected chi connectivity index (χ0v) is 14.7. The summed E-state index contributed by atoms with van der Waals surface area (Å²) in [6.45, 7) is 8.53. The van der Waals surface area contributed by atoms with Crippen LogP contribution < -0.4 is 5.32 Å². The molecule has 1 aliphatic heterocycles. The highest BCUT2D eigenvalue weighted by Crippen LogP contribution is 2.30. The van der Waals surface area contributed by atoms with Gasteiger partial charge in [-0.3, -0.25) is 10.1 Å². The Bertz CT molecular complexity index is 617. The number of piperidine rings is 1. The molecule has 7 heteroatoms. The topological polar surface area (TPSA) is 84.7 Å². The molecule has 0 spiro atoms. The zero-order chi connectivity index (χ0) is 17.9. The Morgan fingerprint density at radius 2 is 1.96 bits per heavy atom. The van der Waals surface area contributed by atoms with Crippen LogP contribution in [0.4, 0.5) is 16.2 Å². The molecule has 0 saturated carbocycles. The number of anilines is 1. The fraction of sp³-hybridized carbons (Fsp3) is 0.588. The van der Waals surface area contributed by atoms with E-state index in [1.165, 1.54) is 6.07 Å². The minimum absolute atomic E-state index is 0.0876. The standard InChI is InChI=1S/C17H25N3O4/c1-12-6-5-7-14(20(22)23)15(12)18-13-8-10-19(11-9-13)16(21)24-17(2,3)4/h5-7,13,18H,8-11H2,1-4H3. The number of likely N-dealkylation sites (tertiary alicyclic amines) is 1. The summed E-state index contributed by atoms with van der Waals surface area (Å²) in [6.07, 6.45) is 1.15. The third-order valence-electron chi connectivity index (χ3n) is 3.94. The molecule has 1 aromatic carbocycles. The van der Waals surface area contributed by atoms with E-state index in [0.29, 0.717) is 18.8 Å². The molecule has 1 heterocycles. The molecule has 0 atom stereocenters. The van der Waals surface area contributed by atoms with Crippen LogP contribution in [0.15, 0.2) is 18.2 Å². The lowest BCUT2D eigenvalue weighted by atomic mass is 10.0. The van der Waals surface area contributed by atoms with E-state index >= 15 is 0 Å². The van der Waals surface area contributed by atoms with Crippen molar-refractivity contribution in [3.8, 4) is 0 Å². The lowest BCUT2D eigenvalue weighted by molar-refractivity contribution is -0.384. The quantitative estimate of drug-likeness (QED) is 0.672. The Balaban J connectivity index is 1.97. The smallest absolute Gasteiger partial charge is 0.410 e. The first-order valence-electron chi connectivity index (χ1n) is 8.16. The van der Waals surface area contributed by atoms with Gasteiger partial charge < -0.3 is 15.0 Å². The molecule has 1 fully saturated rings. The van der Waals surface area contributed by atoms with Crippen LogP contribution in [0.3, 0.4) is 0 Å². The maximum atomic E-state index is 12.1. The molecule has 24 heavy (non-hydrogen) atoms. The van der Waals surface area contributed by atoms with Gasteiger partial charge in [-0.05, 0) is 46.1 Å². The molecule has 0 aromatic heterocycles. The second-order valence-electron chi connectivity index (χ2n) is 7.11. The maximum absolute atomic E-state index is 12.1. The monoisotopic (exact) mass is 335 g/mol. The van der Waals surface area contributed by atoms with E-state index in [-0.39, 0.29) is 22.7 Å². The van der Waals surface area contributed by atoms with E-state index in [4.69, 9.17) is 4.74 Å². The van der Waals surface area contributed by atoms with Crippen molar-refractivity contribution in [1.82, 2.24) is 4.90 Å². The third-order valence-corrected chi connectivity index (χ3v) is 3.94. The van der Waals surface area contributed by atoms with Crippen molar-refractivity contribution in [3.63, 3.8) is 0 Å². The predicted octanol–water partition coefficient (Wildman–Crippen LogP) is 3.71. The molecule has 1 amide bonds. The molecule has 132 valence electrons. The summed E-state index contributed by atoms with van der Waals surface area (Å²) in [4.78, 5) is 24.6. The Labute approximate surface area is 142 Å². The summed E-state index contributed by atoms with van der Waals surface area (Å²) in [5, 5.41) is 14.5. The first kappa shape index (κ1) is 18.0. The van der Waals surface area contributed by atoms with Gasteiger partial charge >= 0.3 is 6.09 Å². The van der Waals surface area contributed by atoms with Gasteiger partial charge in [-0.2, -0.15) is 0 Å². The minimum atomic E-state index is -0.506. The third kappa shape index (κ3) is 4.59. The highest BCUT2D eigenvalue weighted by atomic mass is 16.6. The molecule has 1 N–H and O–H groups in total. The van der Waals surface area contributed by atoms with Crippen LogP contribution in [-0.4, -0.2) is 40.6 Å². The van der Waals surface area contributed by atoms with Gasteiger partial charge in [0.25, 0.3) is 5.69 Å². The number of amides is 1. The lowest BCUT2D eigenvalue weighted by Crippen LogP contribution is -2.44. The molecule has 7 nitrogen and oxygen atoms in total. The van der Waals surface area contributed by atoms with Gasteiger partial charge in [-0.15, -0.1) is 0 Å². The van der Waals surface area contributed by atoms with Crippen LogP contribution in [-0.2, 0) is 4.74 Å². The fourth-order valence-electron chi connectivity index (χ4n) is 2.73. The Kier molecular flexibility index (Phi) is 5.31. The number of hydrogen-bond acceptors (Lipinski definition) is 5. The fourth-order valence-corrected chi connectivity index (χ4v) is 2.73. The second-order valence-corrected chi connectivity index (χ2v) is 7.11. The number of carbonyl (C=O) groups is 1. The van der Waals surface area contributed by atoms with Crippen molar-refractivity contribution < 1.29 is 14.5 Å². The second kappa shape index (κ2) is 7.07. The van der Waals surface area contributed by atoms with Crippen molar-refractivity contribution in [1.29, 1.82) is 0 Å². The number of benzene rings is 1. The van der Waals surface area contributed by atoms with Crippen LogP contribution in [0.25, 0.3) is 0 Å². The van der Waals surface area contributed by atoms with Crippen LogP contribution in [0.5, 0.6) is 0 Å². The summed E-state index contributed by atoms with van der Waals surface area (Å²) in [6, 6.07) is 5.14. The van der Waals surface area contributed by atoms with Gasteiger partial charge in [-0.1, -0.05) is 12.1 Å². The summed E-state index contributed by atoms with van der Waals surface area (Å²) >= 11 is 0. The van der Waals surface area contributed by atoms with Gasteiger partial charge in [0.1, 0.15) is 11.3 Å². The first-order chi connectivity index (χ1) is 11.2. The molecule has 1 saturated heterocycles. The van der Waals surface area contributed by atoms with Crippen LogP contribution in [0.1, 0.15) is 39.2 Å². The van der Waals surface area contributed by atoms with Crippen molar-refractivity contribution in [2.45, 2.75) is 52.2 Å². The van der Waals surface area contributed by atoms with Gasteiger partial charge in [0, 0.05) is 25.2 Å². The van der Waals surface area contributed by atoms with Gasteiger partial charge in [0.05, 0.1) is 4.92 Å². The minimum Gasteiger partial charge on any atom is -0.444 e. The predicted molar refractivity (Wildman–Crippen MR) is 92.3 cm³/mol. The number of nitro benzene ring substituents is 1. The largest absolute Gasteiger partial charge is 0.444 e. The number of carbonyl (C=O) groups excluding carboxylic acids is 1.